The van der Waals surface area contributed by atoms with Crippen molar-refractivity contribution < 1.29 is 29.3 Å². The Morgan fingerprint density at radius 3 is 1.94 bits per heavy atom. The molecule has 3 aromatic rings. The number of aliphatic carboxylic acids is 1. The molecule has 0 aliphatic carbocycles. The third-order valence-electron chi connectivity index (χ3n) is 4.72. The Labute approximate surface area is 186 Å². The quantitative estimate of drug-likeness (QED) is 0.451. The minimum absolute atomic E-state index is 0.110. The number of hydrogen-bond acceptors (Lipinski definition) is 5. The summed E-state index contributed by atoms with van der Waals surface area (Å²) in [6.45, 7) is 1.75. The Hall–Kier alpha value is -3.84. The molecule has 3 aromatic carbocycles. The Morgan fingerprint density at radius 1 is 0.844 bits per heavy atom. The molecule has 1 amide bonds. The first-order valence-electron chi connectivity index (χ1n) is 10.1. The molecule has 7 heteroatoms. The number of amides is 1. The molecule has 166 valence electrons. The van der Waals surface area contributed by atoms with Crippen LogP contribution in [0.1, 0.15) is 28.4 Å². The average molecular weight is 435 g/mol. The number of aliphatic hydroxyl groups excluding tert-OH is 1. The number of hydrogen-bond donors (Lipinski definition) is 3. The van der Waals surface area contributed by atoms with Crippen molar-refractivity contribution >= 4 is 11.9 Å². The van der Waals surface area contributed by atoms with E-state index in [0.29, 0.717) is 5.75 Å². The highest BCUT2D eigenvalue weighted by atomic mass is 16.5. The topological polar surface area (TPSA) is 105 Å². The molecule has 0 spiro atoms. The van der Waals surface area contributed by atoms with E-state index in [1.165, 1.54) is 13.0 Å². The zero-order valence-electron chi connectivity index (χ0n) is 17.6. The number of rotatable bonds is 10. The molecule has 3 N–H and O–H groups in total. The van der Waals surface area contributed by atoms with E-state index in [1.807, 2.05) is 60.7 Å². The van der Waals surface area contributed by atoms with Crippen LogP contribution in [0.4, 0.5) is 0 Å². The number of carboxylic acid groups (broad SMARTS) is 1. The summed E-state index contributed by atoms with van der Waals surface area (Å²) in [6.07, 6.45) is -1.28. The van der Waals surface area contributed by atoms with Gasteiger partial charge in [0.05, 0.1) is 11.7 Å². The molecule has 2 atom stereocenters. The monoisotopic (exact) mass is 435 g/mol. The third kappa shape index (κ3) is 6.09. The van der Waals surface area contributed by atoms with Crippen LogP contribution in [0.5, 0.6) is 11.5 Å². The Morgan fingerprint density at radius 2 is 1.41 bits per heavy atom. The molecule has 3 rings (SSSR count). The normalized spacial score (nSPS) is 12.4. The Balaban J connectivity index is 1.88. The van der Waals surface area contributed by atoms with Crippen LogP contribution in [0, 0.1) is 0 Å². The fraction of sp³-hybridized carbons (Fsp3) is 0.200. The summed E-state index contributed by atoms with van der Waals surface area (Å²) >= 11 is 0. The Bertz CT molecular complexity index is 1040. The van der Waals surface area contributed by atoms with Crippen LogP contribution in [-0.4, -0.2) is 34.2 Å². The van der Waals surface area contributed by atoms with Gasteiger partial charge in [-0.1, -0.05) is 66.7 Å². The van der Waals surface area contributed by atoms with E-state index in [9.17, 15) is 19.8 Å². The van der Waals surface area contributed by atoms with Crippen LogP contribution >= 0.6 is 0 Å². The van der Waals surface area contributed by atoms with Crippen molar-refractivity contribution in [2.24, 2.45) is 0 Å². The number of nitrogens with one attached hydrogen (secondary N) is 1. The number of carbonyl (C=O) groups excluding carboxylic acids is 1. The molecule has 0 aliphatic heterocycles. The van der Waals surface area contributed by atoms with Crippen LogP contribution in [-0.2, 0) is 18.0 Å². The van der Waals surface area contributed by atoms with E-state index in [1.54, 1.807) is 12.1 Å². The molecule has 0 saturated heterocycles. The van der Waals surface area contributed by atoms with E-state index < -0.39 is 24.0 Å². The highest BCUT2D eigenvalue weighted by Crippen LogP contribution is 2.33. The summed E-state index contributed by atoms with van der Waals surface area (Å²) in [7, 11) is 0. The van der Waals surface area contributed by atoms with Crippen molar-refractivity contribution in [3.8, 4) is 11.5 Å². The minimum atomic E-state index is -1.46. The lowest BCUT2D eigenvalue weighted by Crippen LogP contribution is -2.47. The molecular weight excluding hydrogens is 410 g/mol. The van der Waals surface area contributed by atoms with Gasteiger partial charge in [0.2, 0.25) is 0 Å². The zero-order valence-corrected chi connectivity index (χ0v) is 17.6. The Kier molecular flexibility index (Phi) is 7.83. The maximum absolute atomic E-state index is 12.9. The van der Waals surface area contributed by atoms with Gasteiger partial charge >= 0.3 is 5.97 Å². The smallest absolute Gasteiger partial charge is 0.328 e. The predicted molar refractivity (Wildman–Crippen MR) is 119 cm³/mol. The second kappa shape index (κ2) is 11.0. The van der Waals surface area contributed by atoms with Crippen molar-refractivity contribution in [2.75, 3.05) is 0 Å². The van der Waals surface area contributed by atoms with E-state index in [4.69, 9.17) is 9.47 Å². The SMILES string of the molecule is C[C@@H](O)[C@H](NC(=O)c1cccc(OCc2ccccc2)c1OCc1ccccc1)C(=O)O. The van der Waals surface area contributed by atoms with E-state index in [-0.39, 0.29) is 24.5 Å². The summed E-state index contributed by atoms with van der Waals surface area (Å²) in [6, 6.07) is 22.3. The van der Waals surface area contributed by atoms with Crippen molar-refractivity contribution in [1.29, 1.82) is 0 Å². The first-order valence-corrected chi connectivity index (χ1v) is 10.1. The second-order valence-corrected chi connectivity index (χ2v) is 7.21. The maximum Gasteiger partial charge on any atom is 0.328 e. The molecule has 0 unspecified atom stereocenters. The standard InChI is InChI=1S/C25H25NO6/c1-17(27)22(25(29)30)26-24(28)20-13-8-14-21(31-15-18-9-4-2-5-10-18)23(20)32-16-19-11-6-3-7-12-19/h2-14,17,22,27H,15-16H2,1H3,(H,26,28)(H,29,30)/t17-,22+/m1/s1. The number of carbonyl (C=O) groups is 2. The van der Waals surface area contributed by atoms with Crippen LogP contribution in [0.25, 0.3) is 0 Å². The van der Waals surface area contributed by atoms with Crippen molar-refractivity contribution in [2.45, 2.75) is 32.3 Å². The van der Waals surface area contributed by atoms with Gasteiger partial charge in [0.15, 0.2) is 17.5 Å². The molecule has 0 heterocycles. The van der Waals surface area contributed by atoms with Crippen molar-refractivity contribution in [3.05, 3.63) is 95.6 Å². The van der Waals surface area contributed by atoms with Gasteiger partial charge in [0.25, 0.3) is 5.91 Å². The molecule has 0 aliphatic rings. The average Bonchev–Trinajstić information content (AvgIpc) is 2.80. The van der Waals surface area contributed by atoms with Gasteiger partial charge in [0, 0.05) is 0 Å². The molecule has 0 saturated carbocycles. The number of carboxylic acids is 1. The number of ether oxygens (including phenoxy) is 2. The number of para-hydroxylation sites is 1. The molecule has 0 radical (unpaired) electrons. The number of benzene rings is 3. The number of aliphatic hydroxyl groups is 1. The van der Waals surface area contributed by atoms with Crippen molar-refractivity contribution in [1.82, 2.24) is 5.32 Å². The predicted octanol–water partition coefficient (Wildman–Crippen LogP) is 3.41. The highest BCUT2D eigenvalue weighted by Gasteiger charge is 2.27. The minimum Gasteiger partial charge on any atom is -0.485 e. The highest BCUT2D eigenvalue weighted by molar-refractivity contribution is 5.99. The first kappa shape index (κ1) is 22.8. The zero-order chi connectivity index (χ0) is 22.9. The molecule has 32 heavy (non-hydrogen) atoms. The van der Waals surface area contributed by atoms with Crippen LogP contribution in [0.15, 0.2) is 78.9 Å². The van der Waals surface area contributed by atoms with Gasteiger partial charge in [-0.05, 0) is 30.2 Å². The largest absolute Gasteiger partial charge is 0.485 e. The van der Waals surface area contributed by atoms with Gasteiger partial charge in [-0.2, -0.15) is 0 Å². The van der Waals surface area contributed by atoms with Gasteiger partial charge in [-0.15, -0.1) is 0 Å². The van der Waals surface area contributed by atoms with Crippen LogP contribution < -0.4 is 14.8 Å². The van der Waals surface area contributed by atoms with E-state index in [0.717, 1.165) is 11.1 Å². The van der Waals surface area contributed by atoms with Crippen molar-refractivity contribution in [3.63, 3.8) is 0 Å². The van der Waals surface area contributed by atoms with Gasteiger partial charge in [0.1, 0.15) is 13.2 Å². The molecule has 0 bridgehead atoms. The summed E-state index contributed by atoms with van der Waals surface area (Å²) in [4.78, 5) is 24.3. The molecule has 7 nitrogen and oxygen atoms in total. The van der Waals surface area contributed by atoms with E-state index in [2.05, 4.69) is 5.32 Å². The fourth-order valence-corrected chi connectivity index (χ4v) is 3.03. The molecule has 0 fully saturated rings. The summed E-state index contributed by atoms with van der Waals surface area (Å²) in [5.74, 6) is -1.48. The maximum atomic E-state index is 12.9. The molecule has 0 aromatic heterocycles. The molecular formula is C25H25NO6. The third-order valence-corrected chi connectivity index (χ3v) is 4.72. The van der Waals surface area contributed by atoms with Crippen LogP contribution in [0.3, 0.4) is 0 Å². The van der Waals surface area contributed by atoms with Gasteiger partial charge in [-0.3, -0.25) is 4.79 Å². The second-order valence-electron chi connectivity index (χ2n) is 7.21. The fourth-order valence-electron chi connectivity index (χ4n) is 3.03. The van der Waals surface area contributed by atoms with Gasteiger partial charge < -0.3 is 25.0 Å². The van der Waals surface area contributed by atoms with Gasteiger partial charge in [-0.25, -0.2) is 4.79 Å². The summed E-state index contributed by atoms with van der Waals surface area (Å²) in [5.41, 5.74) is 1.94. The van der Waals surface area contributed by atoms with Crippen LogP contribution in [0.2, 0.25) is 0 Å². The lowest BCUT2D eigenvalue weighted by Gasteiger charge is -2.20. The first-order chi connectivity index (χ1) is 15.5. The summed E-state index contributed by atoms with van der Waals surface area (Å²) < 4.78 is 11.9. The summed E-state index contributed by atoms with van der Waals surface area (Å²) in [5, 5.41) is 21.4. The van der Waals surface area contributed by atoms with E-state index >= 15 is 0 Å². The lowest BCUT2D eigenvalue weighted by atomic mass is 10.1. The lowest BCUT2D eigenvalue weighted by molar-refractivity contribution is -0.141.